The zero-order valence-electron chi connectivity index (χ0n) is 16.8. The van der Waals surface area contributed by atoms with Crippen LogP contribution in [-0.4, -0.2) is 37.5 Å². The van der Waals surface area contributed by atoms with Crippen molar-refractivity contribution in [3.8, 4) is 0 Å². The van der Waals surface area contributed by atoms with Crippen molar-refractivity contribution in [3.63, 3.8) is 0 Å². The van der Waals surface area contributed by atoms with Gasteiger partial charge in [0.15, 0.2) is 0 Å². The molecule has 1 aliphatic rings. The van der Waals surface area contributed by atoms with Crippen LogP contribution in [0.1, 0.15) is 97.8 Å². The number of rotatable bonds is 17. The predicted octanol–water partition coefficient (Wildman–Crippen LogP) is 5.42. The van der Waals surface area contributed by atoms with Gasteiger partial charge in [-0.25, -0.2) is 0 Å². The Balaban J connectivity index is 1.83. The number of hydrogen-bond acceptors (Lipinski definition) is 4. The highest BCUT2D eigenvalue weighted by atomic mass is 16.6. The van der Waals surface area contributed by atoms with Gasteiger partial charge in [-0.15, -0.1) is 0 Å². The van der Waals surface area contributed by atoms with Gasteiger partial charge in [0.1, 0.15) is 6.10 Å². The summed E-state index contributed by atoms with van der Waals surface area (Å²) in [6.07, 6.45) is 14.5. The minimum atomic E-state index is -0.0424. The Kier molecular flexibility index (Phi) is 13.1. The van der Waals surface area contributed by atoms with E-state index in [1.54, 1.807) is 0 Å². The quantitative estimate of drug-likeness (QED) is 0.198. The van der Waals surface area contributed by atoms with E-state index in [9.17, 15) is 4.79 Å². The number of carbonyl (C=O) groups excluding carboxylic acids is 1. The second-order valence-corrected chi connectivity index (χ2v) is 7.38. The zero-order chi connectivity index (χ0) is 18.3. The Morgan fingerprint density at radius 2 is 1.72 bits per heavy atom. The molecule has 0 aromatic heterocycles. The van der Waals surface area contributed by atoms with Gasteiger partial charge in [-0.3, -0.25) is 4.79 Å². The molecule has 0 bridgehead atoms. The molecule has 1 saturated heterocycles. The maximum absolute atomic E-state index is 11.4. The van der Waals surface area contributed by atoms with Gasteiger partial charge in [-0.05, 0) is 32.6 Å². The monoisotopic (exact) mass is 356 g/mol. The summed E-state index contributed by atoms with van der Waals surface area (Å²) in [5, 5.41) is 0. The van der Waals surface area contributed by atoms with Gasteiger partial charge in [0.05, 0.1) is 25.4 Å². The van der Waals surface area contributed by atoms with E-state index in [1.807, 2.05) is 6.92 Å². The van der Waals surface area contributed by atoms with Crippen molar-refractivity contribution in [2.75, 3.05) is 13.2 Å². The summed E-state index contributed by atoms with van der Waals surface area (Å²) in [5.74, 6) is -0.0424. The average Bonchev–Trinajstić information content (AvgIpc) is 3.36. The molecule has 4 nitrogen and oxygen atoms in total. The number of epoxide rings is 1. The molecule has 1 fully saturated rings. The van der Waals surface area contributed by atoms with Gasteiger partial charge in [0.25, 0.3) is 0 Å². The van der Waals surface area contributed by atoms with Gasteiger partial charge in [0.2, 0.25) is 0 Å². The van der Waals surface area contributed by atoms with E-state index in [2.05, 4.69) is 13.8 Å². The largest absolute Gasteiger partial charge is 0.466 e. The standard InChI is InChI=1S/C21H40O4/c1-4-6-10-14-19-20(25-19)17-24-18(3)13-11-8-7-9-12-15-21(22)23-16-5-2/h18-20H,4-17H2,1-3H3. The van der Waals surface area contributed by atoms with E-state index >= 15 is 0 Å². The van der Waals surface area contributed by atoms with E-state index in [0.29, 0.717) is 31.3 Å². The van der Waals surface area contributed by atoms with Crippen LogP contribution in [0.4, 0.5) is 0 Å². The highest BCUT2D eigenvalue weighted by Gasteiger charge is 2.38. The molecule has 0 spiro atoms. The third kappa shape index (κ3) is 12.4. The van der Waals surface area contributed by atoms with E-state index in [0.717, 1.165) is 32.3 Å². The van der Waals surface area contributed by atoms with Crippen molar-refractivity contribution < 1.29 is 19.0 Å². The first-order valence-corrected chi connectivity index (χ1v) is 10.6. The minimum absolute atomic E-state index is 0.0424. The summed E-state index contributed by atoms with van der Waals surface area (Å²) < 4.78 is 16.6. The Hall–Kier alpha value is -0.610. The lowest BCUT2D eigenvalue weighted by atomic mass is 10.1. The number of esters is 1. The predicted molar refractivity (Wildman–Crippen MR) is 102 cm³/mol. The van der Waals surface area contributed by atoms with Crippen molar-refractivity contribution in [3.05, 3.63) is 0 Å². The number of ether oxygens (including phenoxy) is 3. The van der Waals surface area contributed by atoms with Crippen LogP contribution in [0.25, 0.3) is 0 Å². The molecule has 25 heavy (non-hydrogen) atoms. The maximum atomic E-state index is 11.4. The second kappa shape index (κ2) is 14.5. The Morgan fingerprint density at radius 1 is 0.960 bits per heavy atom. The first-order valence-electron chi connectivity index (χ1n) is 10.6. The molecule has 3 unspecified atom stereocenters. The molecular formula is C21H40O4. The van der Waals surface area contributed by atoms with Gasteiger partial charge >= 0.3 is 5.97 Å². The maximum Gasteiger partial charge on any atom is 0.305 e. The molecule has 0 aliphatic carbocycles. The molecule has 1 aliphatic heterocycles. The molecule has 3 atom stereocenters. The lowest BCUT2D eigenvalue weighted by molar-refractivity contribution is -0.143. The number of hydrogen-bond donors (Lipinski definition) is 0. The normalized spacial score (nSPS) is 20.4. The third-order valence-electron chi connectivity index (χ3n) is 4.78. The van der Waals surface area contributed by atoms with Crippen LogP contribution < -0.4 is 0 Å². The average molecular weight is 357 g/mol. The SMILES string of the molecule is CCCCCC1OC1COC(C)CCCCCCCC(=O)OCCC. The molecule has 0 amide bonds. The van der Waals surface area contributed by atoms with Gasteiger partial charge < -0.3 is 14.2 Å². The first kappa shape index (κ1) is 22.4. The third-order valence-corrected chi connectivity index (χ3v) is 4.78. The van der Waals surface area contributed by atoms with E-state index in [-0.39, 0.29) is 5.97 Å². The minimum Gasteiger partial charge on any atom is -0.466 e. The van der Waals surface area contributed by atoms with Crippen LogP contribution in [0, 0.1) is 0 Å². The lowest BCUT2D eigenvalue weighted by Gasteiger charge is -2.12. The summed E-state index contributed by atoms with van der Waals surface area (Å²) in [6, 6.07) is 0. The molecule has 0 aromatic carbocycles. The van der Waals surface area contributed by atoms with Crippen LogP contribution in [0.5, 0.6) is 0 Å². The Bertz CT molecular complexity index is 332. The van der Waals surface area contributed by atoms with Gasteiger partial charge in [-0.1, -0.05) is 58.8 Å². The highest BCUT2D eigenvalue weighted by Crippen LogP contribution is 2.28. The van der Waals surface area contributed by atoms with Crippen LogP contribution >= 0.6 is 0 Å². The van der Waals surface area contributed by atoms with Gasteiger partial charge in [0, 0.05) is 6.42 Å². The van der Waals surface area contributed by atoms with Crippen LogP contribution in [0.2, 0.25) is 0 Å². The summed E-state index contributed by atoms with van der Waals surface area (Å²) in [7, 11) is 0. The number of unbranched alkanes of at least 4 members (excludes halogenated alkanes) is 6. The van der Waals surface area contributed by atoms with Crippen molar-refractivity contribution in [1.29, 1.82) is 0 Å². The summed E-state index contributed by atoms with van der Waals surface area (Å²) in [5.41, 5.74) is 0. The lowest BCUT2D eigenvalue weighted by Crippen LogP contribution is -2.13. The molecule has 148 valence electrons. The Labute approximate surface area is 155 Å². The fourth-order valence-corrected chi connectivity index (χ4v) is 3.04. The molecular weight excluding hydrogens is 316 g/mol. The van der Waals surface area contributed by atoms with Gasteiger partial charge in [-0.2, -0.15) is 0 Å². The smallest absolute Gasteiger partial charge is 0.305 e. The highest BCUT2D eigenvalue weighted by molar-refractivity contribution is 5.69. The van der Waals surface area contributed by atoms with E-state index in [4.69, 9.17) is 14.2 Å². The van der Waals surface area contributed by atoms with Crippen molar-refractivity contribution in [1.82, 2.24) is 0 Å². The van der Waals surface area contributed by atoms with E-state index < -0.39 is 0 Å². The Morgan fingerprint density at radius 3 is 2.48 bits per heavy atom. The fraction of sp³-hybridized carbons (Fsp3) is 0.952. The van der Waals surface area contributed by atoms with E-state index in [1.165, 1.54) is 44.9 Å². The molecule has 0 saturated carbocycles. The summed E-state index contributed by atoms with van der Waals surface area (Å²) >= 11 is 0. The van der Waals surface area contributed by atoms with Crippen molar-refractivity contribution in [2.45, 2.75) is 116 Å². The molecule has 0 radical (unpaired) electrons. The zero-order valence-corrected chi connectivity index (χ0v) is 16.8. The van der Waals surface area contributed by atoms with Crippen molar-refractivity contribution in [2.24, 2.45) is 0 Å². The van der Waals surface area contributed by atoms with Crippen molar-refractivity contribution >= 4 is 5.97 Å². The molecule has 0 aromatic rings. The molecule has 1 rings (SSSR count). The molecule has 4 heteroatoms. The molecule has 0 N–H and O–H groups in total. The summed E-state index contributed by atoms with van der Waals surface area (Å²) in [4.78, 5) is 11.4. The molecule has 1 heterocycles. The second-order valence-electron chi connectivity index (χ2n) is 7.38. The topological polar surface area (TPSA) is 48.1 Å². The van der Waals surface area contributed by atoms with Crippen LogP contribution in [0.15, 0.2) is 0 Å². The van der Waals surface area contributed by atoms with Crippen LogP contribution in [0.3, 0.4) is 0 Å². The fourth-order valence-electron chi connectivity index (χ4n) is 3.04. The first-order chi connectivity index (χ1) is 12.2. The summed E-state index contributed by atoms with van der Waals surface area (Å²) in [6.45, 7) is 7.73. The number of carbonyl (C=O) groups is 1. The van der Waals surface area contributed by atoms with Crippen LogP contribution in [-0.2, 0) is 19.0 Å².